The van der Waals surface area contributed by atoms with Gasteiger partial charge in [0.15, 0.2) is 0 Å². The molecule has 86 valence electrons. The quantitative estimate of drug-likeness (QED) is 0.519. The van der Waals surface area contributed by atoms with E-state index in [2.05, 4.69) is 9.27 Å². The molecule has 0 aromatic heterocycles. The normalized spacial score (nSPS) is 14.6. The molecule has 14 heavy (non-hydrogen) atoms. The maximum Gasteiger partial charge on any atom is 0.264 e. The predicted octanol–water partition coefficient (Wildman–Crippen LogP) is 0.460. The molecule has 0 aliphatic carbocycles. The topological polar surface area (TPSA) is 73.9 Å². The SMILES string of the molecule is COP(N[C@@H](C)COS(C)(=O)=O)OC. The van der Waals surface area contributed by atoms with Crippen LogP contribution in [-0.2, 0) is 23.3 Å². The third-order valence-electron chi connectivity index (χ3n) is 1.19. The maximum atomic E-state index is 10.7. The minimum Gasteiger partial charge on any atom is -0.325 e. The number of hydrogen-bond donors (Lipinski definition) is 1. The Kier molecular flexibility index (Phi) is 6.76. The second-order valence-electron chi connectivity index (χ2n) is 2.64. The molecule has 0 bridgehead atoms. The van der Waals surface area contributed by atoms with Crippen molar-refractivity contribution in [2.45, 2.75) is 13.0 Å². The van der Waals surface area contributed by atoms with Crippen LogP contribution in [0.3, 0.4) is 0 Å². The van der Waals surface area contributed by atoms with Crippen molar-refractivity contribution >= 4 is 18.6 Å². The van der Waals surface area contributed by atoms with E-state index >= 15 is 0 Å². The summed E-state index contributed by atoms with van der Waals surface area (Å²) in [7, 11) is -1.54. The van der Waals surface area contributed by atoms with Crippen LogP contribution in [0.5, 0.6) is 0 Å². The van der Waals surface area contributed by atoms with Gasteiger partial charge in [-0.1, -0.05) is 0 Å². The van der Waals surface area contributed by atoms with Crippen molar-refractivity contribution in [1.29, 1.82) is 0 Å². The van der Waals surface area contributed by atoms with Gasteiger partial charge in [-0.3, -0.25) is 4.18 Å². The van der Waals surface area contributed by atoms with Crippen LogP contribution in [0.4, 0.5) is 0 Å². The van der Waals surface area contributed by atoms with Crippen LogP contribution < -0.4 is 5.09 Å². The van der Waals surface area contributed by atoms with Gasteiger partial charge in [0.05, 0.1) is 12.9 Å². The molecule has 0 heterocycles. The summed E-state index contributed by atoms with van der Waals surface area (Å²) in [5, 5.41) is 2.92. The van der Waals surface area contributed by atoms with Gasteiger partial charge in [-0.15, -0.1) is 0 Å². The van der Waals surface area contributed by atoms with E-state index in [0.29, 0.717) is 0 Å². The first kappa shape index (κ1) is 14.2. The van der Waals surface area contributed by atoms with Gasteiger partial charge in [-0.25, -0.2) is 5.09 Å². The summed E-state index contributed by atoms with van der Waals surface area (Å²) in [6.45, 7) is 1.84. The Bertz CT molecular complexity index is 241. The lowest BCUT2D eigenvalue weighted by atomic mass is 10.4. The number of hydrogen-bond acceptors (Lipinski definition) is 6. The summed E-state index contributed by atoms with van der Waals surface area (Å²) < 4.78 is 35.8. The van der Waals surface area contributed by atoms with Gasteiger partial charge in [0, 0.05) is 20.3 Å². The zero-order valence-corrected chi connectivity index (χ0v) is 10.4. The Balaban J connectivity index is 3.80. The largest absolute Gasteiger partial charge is 0.325 e. The van der Waals surface area contributed by atoms with E-state index in [9.17, 15) is 8.42 Å². The summed E-state index contributed by atoms with van der Waals surface area (Å²) in [5.74, 6) is 0. The first-order valence-corrected chi connectivity index (χ1v) is 6.87. The first-order chi connectivity index (χ1) is 6.39. The molecule has 1 atom stereocenters. The van der Waals surface area contributed by atoms with E-state index in [0.717, 1.165) is 6.26 Å². The van der Waals surface area contributed by atoms with Crippen molar-refractivity contribution < 1.29 is 21.6 Å². The number of nitrogens with one attached hydrogen (secondary N) is 1. The molecule has 0 aliphatic rings. The third kappa shape index (κ3) is 7.61. The monoisotopic (exact) mass is 245 g/mol. The summed E-state index contributed by atoms with van der Waals surface area (Å²) in [4.78, 5) is 0. The van der Waals surface area contributed by atoms with Crippen molar-refractivity contribution in [2.24, 2.45) is 0 Å². The molecular formula is C6H16NO5PS. The van der Waals surface area contributed by atoms with Crippen LogP contribution in [0.15, 0.2) is 0 Å². The standard InChI is InChI=1S/C6H16NO5PS/c1-6(5-12-14(4,8)9)7-13(10-2)11-3/h6-7H,5H2,1-4H3/t6-/m0/s1. The van der Waals surface area contributed by atoms with Crippen LogP contribution >= 0.6 is 8.53 Å². The zero-order chi connectivity index (χ0) is 11.2. The van der Waals surface area contributed by atoms with Gasteiger partial charge < -0.3 is 9.05 Å². The molecular weight excluding hydrogens is 229 g/mol. The molecule has 0 aromatic rings. The van der Waals surface area contributed by atoms with E-state index < -0.39 is 18.6 Å². The van der Waals surface area contributed by atoms with Crippen LogP contribution in [0, 0.1) is 0 Å². The smallest absolute Gasteiger partial charge is 0.264 e. The van der Waals surface area contributed by atoms with Crippen molar-refractivity contribution in [3.8, 4) is 0 Å². The van der Waals surface area contributed by atoms with E-state index in [4.69, 9.17) is 9.05 Å². The Morgan fingerprint density at radius 2 is 1.86 bits per heavy atom. The van der Waals surface area contributed by atoms with Crippen LogP contribution in [0.25, 0.3) is 0 Å². The molecule has 0 amide bonds. The van der Waals surface area contributed by atoms with Gasteiger partial charge >= 0.3 is 0 Å². The van der Waals surface area contributed by atoms with Gasteiger partial charge in [-0.05, 0) is 6.92 Å². The lowest BCUT2D eigenvalue weighted by molar-refractivity contribution is 0.276. The van der Waals surface area contributed by atoms with Crippen LogP contribution in [-0.4, -0.2) is 41.5 Å². The van der Waals surface area contributed by atoms with E-state index in [1.54, 1.807) is 6.92 Å². The summed E-state index contributed by atoms with van der Waals surface area (Å²) in [6.07, 6.45) is 1.01. The van der Waals surface area contributed by atoms with E-state index in [1.165, 1.54) is 14.2 Å². The fraction of sp³-hybridized carbons (Fsp3) is 1.00. The zero-order valence-electron chi connectivity index (χ0n) is 8.68. The lowest BCUT2D eigenvalue weighted by Gasteiger charge is -2.18. The maximum absolute atomic E-state index is 10.7. The third-order valence-corrected chi connectivity index (χ3v) is 3.07. The van der Waals surface area contributed by atoms with Crippen molar-refractivity contribution in [3.05, 3.63) is 0 Å². The van der Waals surface area contributed by atoms with Crippen molar-refractivity contribution in [1.82, 2.24) is 5.09 Å². The highest BCUT2D eigenvalue weighted by molar-refractivity contribution is 7.85. The van der Waals surface area contributed by atoms with Crippen LogP contribution in [0.1, 0.15) is 6.92 Å². The Morgan fingerprint density at radius 3 is 2.21 bits per heavy atom. The van der Waals surface area contributed by atoms with Crippen molar-refractivity contribution in [3.63, 3.8) is 0 Å². The van der Waals surface area contributed by atoms with Gasteiger partial charge in [0.1, 0.15) is 0 Å². The molecule has 0 rings (SSSR count). The molecule has 0 spiro atoms. The first-order valence-electron chi connectivity index (χ1n) is 3.88. The molecule has 1 N–H and O–H groups in total. The average molecular weight is 245 g/mol. The van der Waals surface area contributed by atoms with Crippen LogP contribution in [0.2, 0.25) is 0 Å². The van der Waals surface area contributed by atoms with Gasteiger partial charge in [0.25, 0.3) is 18.6 Å². The highest BCUT2D eigenvalue weighted by Crippen LogP contribution is 2.31. The highest BCUT2D eigenvalue weighted by atomic mass is 32.2. The summed E-state index contributed by atoms with van der Waals surface area (Å²) >= 11 is 0. The van der Waals surface area contributed by atoms with E-state index in [1.807, 2.05) is 0 Å². The Labute approximate surface area is 86.0 Å². The molecule has 0 aliphatic heterocycles. The molecule has 8 heteroatoms. The molecule has 6 nitrogen and oxygen atoms in total. The second kappa shape index (κ2) is 6.66. The predicted molar refractivity (Wildman–Crippen MR) is 54.3 cm³/mol. The molecule has 0 radical (unpaired) electrons. The Morgan fingerprint density at radius 1 is 1.36 bits per heavy atom. The molecule has 0 saturated carbocycles. The van der Waals surface area contributed by atoms with Gasteiger partial charge in [-0.2, -0.15) is 8.42 Å². The number of rotatable bonds is 7. The molecule has 0 unspecified atom stereocenters. The summed E-state index contributed by atoms with van der Waals surface area (Å²) in [5.41, 5.74) is 0. The van der Waals surface area contributed by atoms with Crippen molar-refractivity contribution in [2.75, 3.05) is 27.1 Å². The van der Waals surface area contributed by atoms with Gasteiger partial charge in [0.2, 0.25) is 0 Å². The van der Waals surface area contributed by atoms with E-state index in [-0.39, 0.29) is 12.6 Å². The molecule has 0 saturated heterocycles. The molecule has 0 aromatic carbocycles. The average Bonchev–Trinajstić information content (AvgIpc) is 2.09. The highest BCUT2D eigenvalue weighted by Gasteiger charge is 2.13. The second-order valence-corrected chi connectivity index (χ2v) is 5.79. The Hall–Kier alpha value is 0.220. The lowest BCUT2D eigenvalue weighted by Crippen LogP contribution is -2.28. The minimum absolute atomic E-state index is 0.0599. The molecule has 0 fully saturated rings. The minimum atomic E-state index is -3.38. The fourth-order valence-electron chi connectivity index (χ4n) is 0.623. The fourth-order valence-corrected chi connectivity index (χ4v) is 1.87. The summed E-state index contributed by atoms with van der Waals surface area (Å²) in [6, 6.07) is -0.157.